The molecule has 0 unspecified atom stereocenters. The lowest BCUT2D eigenvalue weighted by Gasteiger charge is -2.40. The third-order valence-electron chi connectivity index (χ3n) is 4.99. The predicted molar refractivity (Wildman–Crippen MR) is 102 cm³/mol. The first kappa shape index (κ1) is 20.3. The number of aromatic nitrogens is 2. The molecule has 2 heterocycles. The SMILES string of the molecule is C[C@@H]1C[C@@H](N(C)C(=O)O)CN(c2cc(-c3cc(F)c(C#N)c(F)c3)nc(N)n2)C1. The van der Waals surface area contributed by atoms with Crippen LogP contribution in [0.5, 0.6) is 0 Å². The highest BCUT2D eigenvalue weighted by atomic mass is 19.1. The molecule has 0 saturated carbocycles. The maximum absolute atomic E-state index is 14.0. The van der Waals surface area contributed by atoms with Gasteiger partial charge in [-0.3, -0.25) is 0 Å². The van der Waals surface area contributed by atoms with E-state index in [1.807, 2.05) is 11.8 Å². The first-order chi connectivity index (χ1) is 13.7. The van der Waals surface area contributed by atoms with Crippen molar-refractivity contribution < 1.29 is 18.7 Å². The zero-order valence-electron chi connectivity index (χ0n) is 15.9. The molecule has 3 N–H and O–H groups in total. The highest BCUT2D eigenvalue weighted by Crippen LogP contribution is 2.29. The van der Waals surface area contributed by atoms with Crippen LogP contribution in [0.3, 0.4) is 0 Å². The summed E-state index contributed by atoms with van der Waals surface area (Å²) >= 11 is 0. The number of hydrogen-bond acceptors (Lipinski definition) is 6. The Balaban J connectivity index is 1.97. The van der Waals surface area contributed by atoms with Crippen LogP contribution in [-0.2, 0) is 0 Å². The van der Waals surface area contributed by atoms with Crippen LogP contribution >= 0.6 is 0 Å². The Morgan fingerprint density at radius 3 is 2.55 bits per heavy atom. The molecule has 1 aliphatic rings. The lowest BCUT2D eigenvalue weighted by molar-refractivity contribution is 0.127. The maximum Gasteiger partial charge on any atom is 0.407 e. The fourth-order valence-electron chi connectivity index (χ4n) is 3.53. The van der Waals surface area contributed by atoms with Crippen molar-refractivity contribution in [2.75, 3.05) is 30.8 Å². The molecule has 1 saturated heterocycles. The second-order valence-electron chi connectivity index (χ2n) is 7.19. The smallest absolute Gasteiger partial charge is 0.407 e. The number of nitrogen functional groups attached to an aromatic ring is 1. The molecule has 152 valence electrons. The van der Waals surface area contributed by atoms with Gasteiger partial charge in [0.1, 0.15) is 29.1 Å². The molecule has 0 spiro atoms. The number of hydrogen-bond donors (Lipinski definition) is 2. The van der Waals surface area contributed by atoms with Gasteiger partial charge in [-0.25, -0.2) is 18.6 Å². The van der Waals surface area contributed by atoms with E-state index in [4.69, 9.17) is 11.0 Å². The van der Waals surface area contributed by atoms with Crippen molar-refractivity contribution in [1.82, 2.24) is 14.9 Å². The van der Waals surface area contributed by atoms with Crippen molar-refractivity contribution >= 4 is 17.9 Å². The van der Waals surface area contributed by atoms with Gasteiger partial charge in [0.2, 0.25) is 5.95 Å². The number of anilines is 2. The number of carboxylic acid groups (broad SMARTS) is 1. The molecule has 0 radical (unpaired) electrons. The topological polar surface area (TPSA) is 119 Å². The Kier molecular flexibility index (Phi) is 5.50. The van der Waals surface area contributed by atoms with E-state index in [9.17, 15) is 18.7 Å². The van der Waals surface area contributed by atoms with Crippen LogP contribution in [0.4, 0.5) is 25.3 Å². The zero-order valence-corrected chi connectivity index (χ0v) is 15.9. The minimum atomic E-state index is -1.02. The van der Waals surface area contributed by atoms with Crippen LogP contribution in [0.1, 0.15) is 18.9 Å². The summed E-state index contributed by atoms with van der Waals surface area (Å²) in [5, 5.41) is 18.1. The largest absolute Gasteiger partial charge is 0.465 e. The van der Waals surface area contributed by atoms with Gasteiger partial charge >= 0.3 is 6.09 Å². The summed E-state index contributed by atoms with van der Waals surface area (Å²) in [6.07, 6.45) is -0.311. The number of amides is 1. The van der Waals surface area contributed by atoms with E-state index in [1.54, 1.807) is 6.07 Å². The number of benzene rings is 1. The molecule has 1 aromatic carbocycles. The lowest BCUT2D eigenvalue weighted by atomic mass is 9.95. The summed E-state index contributed by atoms with van der Waals surface area (Å²) in [4.78, 5) is 22.8. The van der Waals surface area contributed by atoms with Crippen LogP contribution in [0.25, 0.3) is 11.3 Å². The molecular formula is C19H20F2N6O2. The third kappa shape index (κ3) is 4.18. The number of nitriles is 1. The van der Waals surface area contributed by atoms with Gasteiger partial charge in [0.25, 0.3) is 0 Å². The average Bonchev–Trinajstić information content (AvgIpc) is 2.66. The summed E-state index contributed by atoms with van der Waals surface area (Å²) < 4.78 is 28.0. The molecule has 1 amide bonds. The number of piperidine rings is 1. The van der Waals surface area contributed by atoms with E-state index in [-0.39, 0.29) is 29.2 Å². The first-order valence-electron chi connectivity index (χ1n) is 8.94. The van der Waals surface area contributed by atoms with Crippen LogP contribution < -0.4 is 10.6 Å². The van der Waals surface area contributed by atoms with E-state index in [2.05, 4.69) is 9.97 Å². The molecule has 1 aromatic heterocycles. The molecular weight excluding hydrogens is 382 g/mol. The first-order valence-corrected chi connectivity index (χ1v) is 8.94. The van der Waals surface area contributed by atoms with Gasteiger partial charge in [-0.05, 0) is 24.5 Å². The Morgan fingerprint density at radius 1 is 1.31 bits per heavy atom. The minimum absolute atomic E-state index is 0.0796. The van der Waals surface area contributed by atoms with Gasteiger partial charge < -0.3 is 20.6 Å². The monoisotopic (exact) mass is 402 g/mol. The van der Waals surface area contributed by atoms with Crippen LogP contribution in [-0.4, -0.2) is 52.2 Å². The zero-order chi connectivity index (χ0) is 21.3. The molecule has 0 aliphatic carbocycles. The molecule has 1 fully saturated rings. The van der Waals surface area contributed by atoms with Gasteiger partial charge in [-0.2, -0.15) is 10.2 Å². The minimum Gasteiger partial charge on any atom is -0.465 e. The van der Waals surface area contributed by atoms with E-state index >= 15 is 0 Å². The van der Waals surface area contributed by atoms with E-state index in [0.29, 0.717) is 25.3 Å². The molecule has 8 nitrogen and oxygen atoms in total. The standard InChI is InChI=1S/C19H20F2N6O2/c1-10-3-12(26(2)19(28)29)9-27(8-10)17-6-16(24-18(23)25-17)11-4-14(20)13(7-22)15(21)5-11/h4-6,10,12H,3,8-9H2,1-2H3,(H,28,29)(H2,23,24,25)/t10-,12-/m1/s1. The molecule has 0 bridgehead atoms. The van der Waals surface area contributed by atoms with E-state index in [0.717, 1.165) is 12.1 Å². The van der Waals surface area contributed by atoms with Crippen molar-refractivity contribution in [3.05, 3.63) is 35.4 Å². The van der Waals surface area contributed by atoms with Gasteiger partial charge in [-0.15, -0.1) is 0 Å². The van der Waals surface area contributed by atoms with Crippen LogP contribution in [0.15, 0.2) is 18.2 Å². The van der Waals surface area contributed by atoms with Gasteiger partial charge in [-0.1, -0.05) is 6.92 Å². The fourth-order valence-corrected chi connectivity index (χ4v) is 3.53. The van der Waals surface area contributed by atoms with Crippen molar-refractivity contribution in [3.63, 3.8) is 0 Å². The molecule has 3 rings (SSSR count). The molecule has 2 aromatic rings. The molecule has 10 heteroatoms. The maximum atomic E-state index is 14.0. The predicted octanol–water partition coefficient (Wildman–Crippen LogP) is 2.70. The molecule has 1 aliphatic heterocycles. The van der Waals surface area contributed by atoms with Gasteiger partial charge in [0.15, 0.2) is 0 Å². The van der Waals surface area contributed by atoms with Crippen molar-refractivity contribution in [2.45, 2.75) is 19.4 Å². The quantitative estimate of drug-likeness (QED) is 0.810. The van der Waals surface area contributed by atoms with E-state index < -0.39 is 23.3 Å². The Hall–Kier alpha value is -3.48. The molecule has 2 atom stereocenters. The summed E-state index contributed by atoms with van der Waals surface area (Å²) in [7, 11) is 1.52. The summed E-state index contributed by atoms with van der Waals surface area (Å²) in [6.45, 7) is 3.03. The van der Waals surface area contributed by atoms with Gasteiger partial charge in [0, 0.05) is 31.8 Å². The Labute approximate surface area is 166 Å². The normalized spacial score (nSPS) is 18.9. The lowest BCUT2D eigenvalue weighted by Crippen LogP contribution is -2.51. The highest BCUT2D eigenvalue weighted by molar-refractivity contribution is 5.67. The Bertz CT molecular complexity index is 970. The number of halogens is 2. The van der Waals surface area contributed by atoms with Crippen molar-refractivity contribution in [1.29, 1.82) is 5.26 Å². The average molecular weight is 402 g/mol. The second-order valence-corrected chi connectivity index (χ2v) is 7.19. The molecule has 29 heavy (non-hydrogen) atoms. The summed E-state index contributed by atoms with van der Waals surface area (Å²) in [5.41, 5.74) is 5.48. The number of likely N-dealkylation sites (N-methyl/N-ethyl adjacent to an activating group) is 1. The fraction of sp³-hybridized carbons (Fsp3) is 0.368. The highest BCUT2D eigenvalue weighted by Gasteiger charge is 2.30. The van der Waals surface area contributed by atoms with Crippen LogP contribution in [0, 0.1) is 28.9 Å². The van der Waals surface area contributed by atoms with Crippen molar-refractivity contribution in [2.24, 2.45) is 5.92 Å². The number of carbonyl (C=O) groups is 1. The van der Waals surface area contributed by atoms with Crippen molar-refractivity contribution in [3.8, 4) is 17.3 Å². The number of nitrogens with two attached hydrogens (primary N) is 1. The van der Waals surface area contributed by atoms with E-state index in [1.165, 1.54) is 18.0 Å². The summed E-state index contributed by atoms with van der Waals surface area (Å²) in [5.74, 6) is -1.43. The van der Waals surface area contributed by atoms with Gasteiger partial charge in [0.05, 0.1) is 11.7 Å². The number of rotatable bonds is 3. The summed E-state index contributed by atoms with van der Waals surface area (Å²) in [6, 6.07) is 4.83. The van der Waals surface area contributed by atoms with Crippen LogP contribution in [0.2, 0.25) is 0 Å². The second kappa shape index (κ2) is 7.87. The number of nitrogens with zero attached hydrogens (tertiary/aromatic N) is 5. The Morgan fingerprint density at radius 2 is 1.97 bits per heavy atom. The third-order valence-corrected chi connectivity index (χ3v) is 4.99.